The third-order valence-electron chi connectivity index (χ3n) is 1.98. The molecule has 0 unspecified atom stereocenters. The predicted molar refractivity (Wildman–Crippen MR) is 57.1 cm³/mol. The number of nitrogens with one attached hydrogen (secondary N) is 2. The van der Waals surface area contributed by atoms with Crippen LogP contribution in [0.25, 0.3) is 0 Å². The molecule has 0 fully saturated rings. The average Bonchev–Trinajstić information content (AvgIpc) is 2.13. The average molecular weight is 202 g/mol. The Morgan fingerprint density at radius 2 is 2.07 bits per heavy atom. The maximum atomic E-state index is 11.3. The molecule has 0 spiro atoms. The van der Waals surface area contributed by atoms with E-state index in [9.17, 15) is 4.79 Å². The highest BCUT2D eigenvalue weighted by Gasteiger charge is 2.08. The van der Waals surface area contributed by atoms with Crippen molar-refractivity contribution < 1.29 is 9.90 Å². The van der Waals surface area contributed by atoms with Gasteiger partial charge < -0.3 is 15.7 Å². The highest BCUT2D eigenvalue weighted by atomic mass is 16.3. The third kappa shape index (κ3) is 6.86. The minimum absolute atomic E-state index is 0.000880. The summed E-state index contributed by atoms with van der Waals surface area (Å²) in [5.41, 5.74) is 0. The summed E-state index contributed by atoms with van der Waals surface area (Å²) in [7, 11) is 0. The zero-order chi connectivity index (χ0) is 11.0. The number of carbonyl (C=O) groups excluding carboxylic acids is 1. The van der Waals surface area contributed by atoms with Crippen LogP contribution >= 0.6 is 0 Å². The molecule has 0 saturated carbocycles. The maximum absolute atomic E-state index is 11.3. The molecule has 1 atom stereocenters. The van der Waals surface area contributed by atoms with E-state index in [1.165, 1.54) is 0 Å². The van der Waals surface area contributed by atoms with Gasteiger partial charge in [0.2, 0.25) is 5.91 Å². The molecule has 1 amide bonds. The van der Waals surface area contributed by atoms with Crippen molar-refractivity contribution in [3.8, 4) is 0 Å². The molecule has 3 N–H and O–H groups in total. The molecule has 0 aliphatic rings. The maximum Gasteiger partial charge on any atom is 0.221 e. The van der Waals surface area contributed by atoms with Gasteiger partial charge in [-0.15, -0.1) is 0 Å². The van der Waals surface area contributed by atoms with Crippen molar-refractivity contribution in [1.29, 1.82) is 0 Å². The van der Waals surface area contributed by atoms with Crippen LogP contribution in [0.15, 0.2) is 0 Å². The van der Waals surface area contributed by atoms with Gasteiger partial charge in [-0.2, -0.15) is 0 Å². The van der Waals surface area contributed by atoms with Gasteiger partial charge in [0.15, 0.2) is 0 Å². The van der Waals surface area contributed by atoms with E-state index in [0.29, 0.717) is 19.0 Å². The molecule has 0 radical (unpaired) electrons. The quantitative estimate of drug-likeness (QED) is 0.555. The van der Waals surface area contributed by atoms with Gasteiger partial charge in [0.05, 0.1) is 12.6 Å². The molecule has 4 heteroatoms. The molecule has 0 aromatic heterocycles. The molecule has 0 aromatic carbocycles. The van der Waals surface area contributed by atoms with Gasteiger partial charge in [0.25, 0.3) is 0 Å². The Balaban J connectivity index is 3.54. The van der Waals surface area contributed by atoms with Crippen LogP contribution in [0, 0.1) is 0 Å². The number of hydrogen-bond donors (Lipinski definition) is 3. The van der Waals surface area contributed by atoms with E-state index in [-0.39, 0.29) is 18.6 Å². The van der Waals surface area contributed by atoms with Crippen LogP contribution in [0.2, 0.25) is 0 Å². The summed E-state index contributed by atoms with van der Waals surface area (Å²) < 4.78 is 0. The lowest BCUT2D eigenvalue weighted by Gasteiger charge is -2.14. The fourth-order valence-electron chi connectivity index (χ4n) is 1.05. The van der Waals surface area contributed by atoms with Gasteiger partial charge in [-0.25, -0.2) is 0 Å². The second-order valence-corrected chi connectivity index (χ2v) is 3.71. The van der Waals surface area contributed by atoms with E-state index in [1.54, 1.807) is 0 Å². The number of rotatable bonds is 7. The van der Waals surface area contributed by atoms with Gasteiger partial charge in [-0.1, -0.05) is 20.8 Å². The monoisotopic (exact) mass is 202 g/mol. The van der Waals surface area contributed by atoms with Crippen molar-refractivity contribution in [3.05, 3.63) is 0 Å². The lowest BCUT2D eigenvalue weighted by Crippen LogP contribution is -2.38. The van der Waals surface area contributed by atoms with E-state index in [2.05, 4.69) is 10.6 Å². The number of carbonyl (C=O) groups is 1. The Hall–Kier alpha value is -0.610. The first kappa shape index (κ1) is 13.4. The first-order valence-corrected chi connectivity index (χ1v) is 5.23. The summed E-state index contributed by atoms with van der Waals surface area (Å²) in [6.45, 7) is 6.72. The Bertz CT molecular complexity index is 156. The predicted octanol–water partition coefficient (Wildman–Crippen LogP) is 0.262. The molecular formula is C10H22N2O2. The van der Waals surface area contributed by atoms with E-state index >= 15 is 0 Å². The fourth-order valence-corrected chi connectivity index (χ4v) is 1.05. The van der Waals surface area contributed by atoms with Crippen molar-refractivity contribution in [3.63, 3.8) is 0 Å². The third-order valence-corrected chi connectivity index (χ3v) is 1.98. The second-order valence-electron chi connectivity index (χ2n) is 3.71. The molecule has 0 saturated heterocycles. The first-order chi connectivity index (χ1) is 6.60. The van der Waals surface area contributed by atoms with Crippen molar-refractivity contribution in [2.45, 2.75) is 45.7 Å². The van der Waals surface area contributed by atoms with Crippen molar-refractivity contribution in [2.24, 2.45) is 0 Å². The van der Waals surface area contributed by atoms with E-state index < -0.39 is 0 Å². The van der Waals surface area contributed by atoms with Gasteiger partial charge in [0, 0.05) is 19.0 Å². The second kappa shape index (κ2) is 7.76. The minimum atomic E-state index is -0.0958. The van der Waals surface area contributed by atoms with Gasteiger partial charge in [0.1, 0.15) is 0 Å². The Morgan fingerprint density at radius 3 is 2.50 bits per heavy atom. The number of aliphatic hydroxyl groups is 1. The summed E-state index contributed by atoms with van der Waals surface area (Å²) in [6.07, 6.45) is 1.23. The molecule has 0 aromatic rings. The van der Waals surface area contributed by atoms with Crippen LogP contribution in [-0.4, -0.2) is 36.2 Å². The lowest BCUT2D eigenvalue weighted by atomic mass is 10.2. The Kier molecular flexibility index (Phi) is 7.42. The van der Waals surface area contributed by atoms with Crippen LogP contribution in [0.5, 0.6) is 0 Å². The summed E-state index contributed by atoms with van der Waals surface area (Å²) in [4.78, 5) is 11.3. The Morgan fingerprint density at radius 1 is 1.43 bits per heavy atom. The number of aliphatic hydroxyl groups excluding tert-OH is 1. The van der Waals surface area contributed by atoms with Crippen molar-refractivity contribution >= 4 is 5.91 Å². The molecule has 84 valence electrons. The molecular weight excluding hydrogens is 180 g/mol. The zero-order valence-corrected chi connectivity index (χ0v) is 9.34. The molecule has 0 rings (SSSR count). The van der Waals surface area contributed by atoms with Crippen LogP contribution in [0.4, 0.5) is 0 Å². The molecule has 0 aliphatic heterocycles. The topological polar surface area (TPSA) is 61.4 Å². The van der Waals surface area contributed by atoms with Crippen molar-refractivity contribution in [2.75, 3.05) is 13.2 Å². The first-order valence-electron chi connectivity index (χ1n) is 5.23. The van der Waals surface area contributed by atoms with E-state index in [4.69, 9.17) is 5.11 Å². The SMILES string of the molecule is CC[C@H](CO)NC(=O)CCNC(C)C. The summed E-state index contributed by atoms with van der Waals surface area (Å²) >= 11 is 0. The summed E-state index contributed by atoms with van der Waals surface area (Å²) in [5, 5.41) is 14.8. The number of hydrogen-bond acceptors (Lipinski definition) is 3. The Labute approximate surface area is 86.1 Å². The minimum Gasteiger partial charge on any atom is -0.394 e. The lowest BCUT2D eigenvalue weighted by molar-refractivity contribution is -0.122. The molecule has 14 heavy (non-hydrogen) atoms. The van der Waals surface area contributed by atoms with E-state index in [1.807, 2.05) is 20.8 Å². The molecule has 0 bridgehead atoms. The van der Waals surface area contributed by atoms with Gasteiger partial charge in [-0.3, -0.25) is 4.79 Å². The number of amides is 1. The van der Waals surface area contributed by atoms with E-state index in [0.717, 1.165) is 6.42 Å². The van der Waals surface area contributed by atoms with Gasteiger partial charge in [-0.05, 0) is 6.42 Å². The van der Waals surface area contributed by atoms with Crippen LogP contribution in [0.1, 0.15) is 33.6 Å². The molecule has 4 nitrogen and oxygen atoms in total. The highest BCUT2D eigenvalue weighted by Crippen LogP contribution is 1.90. The normalized spacial score (nSPS) is 12.9. The smallest absolute Gasteiger partial charge is 0.221 e. The molecule has 0 aliphatic carbocycles. The van der Waals surface area contributed by atoms with Crippen LogP contribution < -0.4 is 10.6 Å². The van der Waals surface area contributed by atoms with Crippen LogP contribution in [0.3, 0.4) is 0 Å². The largest absolute Gasteiger partial charge is 0.394 e. The van der Waals surface area contributed by atoms with Gasteiger partial charge >= 0.3 is 0 Å². The molecule has 0 heterocycles. The fraction of sp³-hybridized carbons (Fsp3) is 0.900. The standard InChI is InChI=1S/C10H22N2O2/c1-4-9(7-13)12-10(14)5-6-11-8(2)3/h8-9,11,13H,4-7H2,1-3H3,(H,12,14)/t9-/m1/s1. The highest BCUT2D eigenvalue weighted by molar-refractivity contribution is 5.76. The zero-order valence-electron chi connectivity index (χ0n) is 9.34. The summed E-state index contributed by atoms with van der Waals surface area (Å²) in [6, 6.07) is 0.309. The summed E-state index contributed by atoms with van der Waals surface area (Å²) in [5.74, 6) is -0.000880. The van der Waals surface area contributed by atoms with Crippen LogP contribution in [-0.2, 0) is 4.79 Å². The van der Waals surface area contributed by atoms with Crippen molar-refractivity contribution in [1.82, 2.24) is 10.6 Å².